The van der Waals surface area contributed by atoms with Crippen molar-refractivity contribution in [2.75, 3.05) is 20.1 Å². The lowest BCUT2D eigenvalue weighted by Crippen LogP contribution is -2.53. The summed E-state index contributed by atoms with van der Waals surface area (Å²) in [7, 11) is 1.72. The Morgan fingerprint density at radius 2 is 2.26 bits per heavy atom. The Labute approximate surface area is 114 Å². The van der Waals surface area contributed by atoms with Crippen molar-refractivity contribution in [3.8, 4) is 0 Å². The van der Waals surface area contributed by atoms with Crippen LogP contribution in [0.1, 0.15) is 38.5 Å². The Balaban J connectivity index is 1.76. The fraction of sp³-hybridized carbons (Fsp3) is 0.846. The average molecular weight is 268 g/mol. The van der Waals surface area contributed by atoms with Crippen molar-refractivity contribution >= 4 is 11.9 Å². The van der Waals surface area contributed by atoms with Gasteiger partial charge in [0.2, 0.25) is 5.91 Å². The molecule has 0 spiro atoms. The van der Waals surface area contributed by atoms with Crippen LogP contribution in [0.4, 0.5) is 0 Å². The van der Waals surface area contributed by atoms with E-state index < -0.39 is 5.60 Å². The first-order chi connectivity index (χ1) is 9.11. The van der Waals surface area contributed by atoms with E-state index in [9.17, 15) is 9.90 Å². The number of hydrogen-bond acceptors (Lipinski definition) is 3. The molecule has 1 amide bonds. The molecule has 0 aromatic carbocycles. The van der Waals surface area contributed by atoms with Crippen molar-refractivity contribution in [1.82, 2.24) is 16.0 Å². The van der Waals surface area contributed by atoms with Gasteiger partial charge in [0.15, 0.2) is 5.96 Å². The molecule has 6 nitrogen and oxygen atoms in total. The minimum absolute atomic E-state index is 0.112. The molecule has 2 rings (SSSR count). The zero-order chi connectivity index (χ0) is 13.7. The molecule has 1 saturated heterocycles. The Hall–Kier alpha value is -1.30. The van der Waals surface area contributed by atoms with Crippen LogP contribution in [0, 0.1) is 0 Å². The summed E-state index contributed by atoms with van der Waals surface area (Å²) in [6.45, 7) is 1.16. The predicted octanol–water partition coefficient (Wildman–Crippen LogP) is -0.265. The number of nitrogens with zero attached hydrogens (tertiary/aromatic N) is 1. The second-order valence-electron chi connectivity index (χ2n) is 5.54. The summed E-state index contributed by atoms with van der Waals surface area (Å²) >= 11 is 0. The number of guanidine groups is 1. The summed E-state index contributed by atoms with van der Waals surface area (Å²) in [4.78, 5) is 15.3. The predicted molar refractivity (Wildman–Crippen MR) is 73.9 cm³/mol. The van der Waals surface area contributed by atoms with Crippen LogP contribution in [0.3, 0.4) is 0 Å². The Morgan fingerprint density at radius 3 is 2.84 bits per heavy atom. The maximum atomic E-state index is 11.1. The van der Waals surface area contributed by atoms with Crippen molar-refractivity contribution < 1.29 is 9.90 Å². The standard InChI is InChI=1S/C13H24N4O2/c1-14-12(16-9-13(19)6-2-3-7-13)17-10-4-5-11(18)15-8-10/h10,19H,2-9H2,1H3,(H,15,18)(H2,14,16,17). The normalized spacial score (nSPS) is 26.9. The highest BCUT2D eigenvalue weighted by molar-refractivity contribution is 5.81. The second kappa shape index (κ2) is 6.23. The van der Waals surface area contributed by atoms with E-state index in [-0.39, 0.29) is 11.9 Å². The highest BCUT2D eigenvalue weighted by Gasteiger charge is 2.31. The molecule has 19 heavy (non-hydrogen) atoms. The summed E-state index contributed by atoms with van der Waals surface area (Å²) < 4.78 is 0. The zero-order valence-electron chi connectivity index (χ0n) is 11.5. The SMILES string of the molecule is CN=C(NCC1(O)CCCC1)NC1CCC(=O)NC1. The van der Waals surface area contributed by atoms with E-state index in [1.54, 1.807) is 7.05 Å². The molecule has 1 unspecified atom stereocenters. The van der Waals surface area contributed by atoms with Gasteiger partial charge in [0, 0.05) is 32.6 Å². The Kier molecular flexibility index (Phi) is 4.63. The lowest BCUT2D eigenvalue weighted by molar-refractivity contribution is -0.122. The van der Waals surface area contributed by atoms with E-state index in [0.717, 1.165) is 32.1 Å². The van der Waals surface area contributed by atoms with Crippen LogP contribution in [0.15, 0.2) is 4.99 Å². The number of aliphatic hydroxyl groups is 1. The average Bonchev–Trinajstić information content (AvgIpc) is 2.84. The van der Waals surface area contributed by atoms with Gasteiger partial charge in [-0.2, -0.15) is 0 Å². The van der Waals surface area contributed by atoms with Crippen LogP contribution >= 0.6 is 0 Å². The molecule has 1 atom stereocenters. The van der Waals surface area contributed by atoms with Crippen molar-refractivity contribution in [2.24, 2.45) is 4.99 Å². The fourth-order valence-corrected chi connectivity index (χ4v) is 2.70. The molecule has 1 heterocycles. The number of carbonyl (C=O) groups excluding carboxylic acids is 1. The molecule has 0 bridgehead atoms. The first-order valence-corrected chi connectivity index (χ1v) is 7.08. The molecule has 1 aliphatic heterocycles. The minimum Gasteiger partial charge on any atom is -0.388 e. The van der Waals surface area contributed by atoms with E-state index in [1.807, 2.05) is 0 Å². The maximum absolute atomic E-state index is 11.1. The molecule has 1 aliphatic carbocycles. The highest BCUT2D eigenvalue weighted by Crippen LogP contribution is 2.28. The lowest BCUT2D eigenvalue weighted by Gasteiger charge is -2.28. The number of piperidine rings is 1. The Bertz CT molecular complexity index is 341. The summed E-state index contributed by atoms with van der Waals surface area (Å²) in [5, 5.41) is 19.6. The van der Waals surface area contributed by atoms with Crippen LogP contribution in [0.5, 0.6) is 0 Å². The molecule has 0 radical (unpaired) electrons. The largest absolute Gasteiger partial charge is 0.388 e. The fourth-order valence-electron chi connectivity index (χ4n) is 2.70. The molecule has 2 aliphatic rings. The van der Waals surface area contributed by atoms with Crippen LogP contribution < -0.4 is 16.0 Å². The number of rotatable bonds is 3. The summed E-state index contributed by atoms with van der Waals surface area (Å²) in [5.41, 5.74) is -0.585. The van der Waals surface area contributed by atoms with E-state index in [2.05, 4.69) is 20.9 Å². The summed E-state index contributed by atoms with van der Waals surface area (Å²) in [6.07, 6.45) is 5.28. The van der Waals surface area contributed by atoms with E-state index in [4.69, 9.17) is 0 Å². The topological polar surface area (TPSA) is 85.8 Å². The third kappa shape index (κ3) is 4.09. The van der Waals surface area contributed by atoms with Gasteiger partial charge in [-0.3, -0.25) is 9.79 Å². The quantitative estimate of drug-likeness (QED) is 0.419. The van der Waals surface area contributed by atoms with Gasteiger partial charge < -0.3 is 21.1 Å². The number of amides is 1. The Morgan fingerprint density at radius 1 is 1.53 bits per heavy atom. The highest BCUT2D eigenvalue weighted by atomic mass is 16.3. The van der Waals surface area contributed by atoms with Crippen molar-refractivity contribution in [2.45, 2.75) is 50.2 Å². The van der Waals surface area contributed by atoms with Gasteiger partial charge in [-0.05, 0) is 19.3 Å². The minimum atomic E-state index is -0.585. The van der Waals surface area contributed by atoms with Crippen molar-refractivity contribution in [1.29, 1.82) is 0 Å². The monoisotopic (exact) mass is 268 g/mol. The van der Waals surface area contributed by atoms with Crippen LogP contribution in [-0.2, 0) is 4.79 Å². The van der Waals surface area contributed by atoms with Gasteiger partial charge in [-0.15, -0.1) is 0 Å². The molecule has 4 N–H and O–H groups in total. The number of aliphatic imine (C=N–C) groups is 1. The summed E-state index contributed by atoms with van der Waals surface area (Å²) in [6, 6.07) is 0.210. The van der Waals surface area contributed by atoms with E-state index in [1.165, 1.54) is 0 Å². The molecule has 0 aromatic heterocycles. The smallest absolute Gasteiger partial charge is 0.220 e. The first kappa shape index (κ1) is 14.1. The molecule has 6 heteroatoms. The second-order valence-corrected chi connectivity index (χ2v) is 5.54. The van der Waals surface area contributed by atoms with Crippen molar-refractivity contribution in [3.05, 3.63) is 0 Å². The molecule has 0 aromatic rings. The molecule has 1 saturated carbocycles. The van der Waals surface area contributed by atoms with Gasteiger partial charge in [-0.1, -0.05) is 12.8 Å². The van der Waals surface area contributed by atoms with Gasteiger partial charge in [-0.25, -0.2) is 0 Å². The van der Waals surface area contributed by atoms with Crippen LogP contribution in [0.25, 0.3) is 0 Å². The summed E-state index contributed by atoms with van der Waals surface area (Å²) in [5.74, 6) is 0.808. The lowest BCUT2D eigenvalue weighted by atomic mass is 10.0. The molecular formula is C13H24N4O2. The number of nitrogens with one attached hydrogen (secondary N) is 3. The van der Waals surface area contributed by atoms with E-state index >= 15 is 0 Å². The van der Waals surface area contributed by atoms with Crippen molar-refractivity contribution in [3.63, 3.8) is 0 Å². The zero-order valence-corrected chi connectivity index (χ0v) is 11.5. The third-order valence-corrected chi connectivity index (χ3v) is 3.95. The van der Waals surface area contributed by atoms with Gasteiger partial charge in [0.05, 0.1) is 5.60 Å². The van der Waals surface area contributed by atoms with Crippen LogP contribution in [0.2, 0.25) is 0 Å². The number of hydrogen-bond donors (Lipinski definition) is 4. The van der Waals surface area contributed by atoms with Crippen LogP contribution in [-0.4, -0.2) is 48.8 Å². The van der Waals surface area contributed by atoms with Gasteiger partial charge in [0.25, 0.3) is 0 Å². The molecule has 108 valence electrons. The molecule has 2 fully saturated rings. The maximum Gasteiger partial charge on any atom is 0.220 e. The van der Waals surface area contributed by atoms with Gasteiger partial charge in [0.1, 0.15) is 0 Å². The molecular weight excluding hydrogens is 244 g/mol. The van der Waals surface area contributed by atoms with Gasteiger partial charge >= 0.3 is 0 Å². The first-order valence-electron chi connectivity index (χ1n) is 7.08. The van der Waals surface area contributed by atoms with E-state index in [0.29, 0.717) is 25.5 Å². The number of carbonyl (C=O) groups is 1. The third-order valence-electron chi connectivity index (χ3n) is 3.95.